The Bertz CT molecular complexity index is 1140. The number of carbonyl (C=O) groups excluding carboxylic acids is 1. The fourth-order valence-corrected chi connectivity index (χ4v) is 5.51. The molecule has 0 saturated heterocycles. The maximum Gasteiger partial charge on any atom is 0.257 e. The maximum absolute atomic E-state index is 12.6. The van der Waals surface area contributed by atoms with E-state index in [1.165, 1.54) is 11.3 Å². The van der Waals surface area contributed by atoms with Crippen LogP contribution in [0.15, 0.2) is 46.4 Å². The van der Waals surface area contributed by atoms with Crippen LogP contribution in [0.1, 0.15) is 27.3 Å². The number of anilines is 1. The highest BCUT2D eigenvalue weighted by Crippen LogP contribution is 2.31. The fourth-order valence-electron chi connectivity index (χ4n) is 2.71. The normalized spacial score (nSPS) is 11.0. The van der Waals surface area contributed by atoms with Gasteiger partial charge in [-0.2, -0.15) is 0 Å². The Hall–Kier alpha value is -2.49. The van der Waals surface area contributed by atoms with E-state index < -0.39 is 0 Å². The molecule has 1 amide bonds. The van der Waals surface area contributed by atoms with Crippen LogP contribution in [-0.4, -0.2) is 25.4 Å². The summed E-state index contributed by atoms with van der Waals surface area (Å²) in [5.74, 6) is 1.51. The van der Waals surface area contributed by atoms with Gasteiger partial charge in [0.1, 0.15) is 4.34 Å². The molecule has 3 aromatic heterocycles. The van der Waals surface area contributed by atoms with E-state index in [9.17, 15) is 4.79 Å². The number of benzene rings is 1. The highest BCUT2D eigenvalue weighted by molar-refractivity contribution is 8.00. The zero-order valence-corrected chi connectivity index (χ0v) is 18.6. The Morgan fingerprint density at radius 3 is 2.66 bits per heavy atom. The summed E-state index contributed by atoms with van der Waals surface area (Å²) in [5.41, 5.74) is 3.66. The van der Waals surface area contributed by atoms with E-state index in [1.807, 2.05) is 55.9 Å². The monoisotopic (exact) mass is 441 g/mol. The van der Waals surface area contributed by atoms with E-state index in [0.717, 1.165) is 37.7 Å². The average molecular weight is 442 g/mol. The number of nitrogens with zero attached hydrogens (tertiary/aromatic N) is 4. The molecule has 0 aliphatic rings. The Labute approximate surface area is 181 Å². The second-order valence-electron chi connectivity index (χ2n) is 6.49. The van der Waals surface area contributed by atoms with E-state index in [2.05, 4.69) is 25.6 Å². The molecule has 9 heteroatoms. The third-order valence-corrected chi connectivity index (χ3v) is 7.50. The Morgan fingerprint density at radius 2 is 2.00 bits per heavy atom. The van der Waals surface area contributed by atoms with E-state index in [4.69, 9.17) is 0 Å². The van der Waals surface area contributed by atoms with Crippen LogP contribution in [0, 0.1) is 13.8 Å². The molecule has 0 unspecified atom stereocenters. The highest BCUT2D eigenvalue weighted by atomic mass is 32.2. The summed E-state index contributed by atoms with van der Waals surface area (Å²) < 4.78 is 3.00. The summed E-state index contributed by atoms with van der Waals surface area (Å²) in [6.07, 6.45) is 3.64. The van der Waals surface area contributed by atoms with Crippen LogP contribution in [-0.2, 0) is 12.8 Å². The Morgan fingerprint density at radius 1 is 1.21 bits per heavy atom. The summed E-state index contributed by atoms with van der Waals surface area (Å²) in [6.45, 7) is 3.92. The van der Waals surface area contributed by atoms with Crippen molar-refractivity contribution < 1.29 is 4.79 Å². The van der Waals surface area contributed by atoms with Crippen molar-refractivity contribution in [1.29, 1.82) is 0 Å². The van der Waals surface area contributed by atoms with Crippen molar-refractivity contribution in [3.05, 3.63) is 64.6 Å². The molecule has 4 rings (SSSR count). The molecule has 1 aromatic carbocycles. The molecule has 0 atom stereocenters. The molecule has 4 aromatic rings. The van der Waals surface area contributed by atoms with E-state index in [-0.39, 0.29) is 5.91 Å². The highest BCUT2D eigenvalue weighted by Gasteiger charge is 2.15. The van der Waals surface area contributed by atoms with Crippen molar-refractivity contribution >= 4 is 45.5 Å². The molecule has 0 saturated carbocycles. The first-order chi connectivity index (χ1) is 14.0. The lowest BCUT2D eigenvalue weighted by Gasteiger charge is -2.04. The number of nitrogens with one attached hydrogen (secondary N) is 1. The molecule has 6 nitrogen and oxygen atoms in total. The number of thioether (sulfide) groups is 1. The number of aromatic nitrogens is 4. The zero-order chi connectivity index (χ0) is 20.4. The molecular formula is C20H19N5OS3. The van der Waals surface area contributed by atoms with Gasteiger partial charge >= 0.3 is 0 Å². The third kappa shape index (κ3) is 4.58. The van der Waals surface area contributed by atoms with Gasteiger partial charge in [-0.05, 0) is 31.5 Å². The third-order valence-electron chi connectivity index (χ3n) is 4.22. The van der Waals surface area contributed by atoms with Gasteiger partial charge in [0.2, 0.25) is 0 Å². The topological polar surface area (TPSA) is 72.7 Å². The second kappa shape index (κ2) is 8.48. The maximum atomic E-state index is 12.6. The van der Waals surface area contributed by atoms with Gasteiger partial charge in [-0.25, -0.2) is 15.0 Å². The molecule has 1 N–H and O–H groups in total. The standard InChI is InChI=1S/C20H19N5OS3/c1-12-10-27-20(22-12)28-11-14-4-6-15(7-5-14)18(26)24-19-23-13(2)16(29-19)17-21-8-9-25(17)3/h4-10H,11H2,1-3H3,(H,23,24,26). The second-order valence-corrected chi connectivity index (χ2v) is 9.57. The number of carbonyl (C=O) groups is 1. The molecule has 0 radical (unpaired) electrons. The number of amides is 1. The lowest BCUT2D eigenvalue weighted by atomic mass is 10.1. The molecule has 0 bridgehead atoms. The van der Waals surface area contributed by atoms with Gasteiger partial charge in [0.25, 0.3) is 5.91 Å². The van der Waals surface area contributed by atoms with Gasteiger partial charge in [0.15, 0.2) is 11.0 Å². The zero-order valence-electron chi connectivity index (χ0n) is 16.2. The Balaban J connectivity index is 1.40. The van der Waals surface area contributed by atoms with Crippen LogP contribution >= 0.6 is 34.4 Å². The number of hydrogen-bond acceptors (Lipinski definition) is 7. The van der Waals surface area contributed by atoms with Crippen molar-refractivity contribution in [2.75, 3.05) is 5.32 Å². The van der Waals surface area contributed by atoms with Gasteiger partial charge in [-0.15, -0.1) is 11.3 Å². The minimum atomic E-state index is -0.167. The van der Waals surface area contributed by atoms with E-state index >= 15 is 0 Å². The first-order valence-corrected chi connectivity index (χ1v) is 11.6. The van der Waals surface area contributed by atoms with Crippen LogP contribution in [0.5, 0.6) is 0 Å². The smallest absolute Gasteiger partial charge is 0.257 e. The number of hydrogen-bond donors (Lipinski definition) is 1. The van der Waals surface area contributed by atoms with Crippen molar-refractivity contribution in [1.82, 2.24) is 19.5 Å². The fraction of sp³-hybridized carbons (Fsp3) is 0.200. The van der Waals surface area contributed by atoms with Crippen LogP contribution in [0.4, 0.5) is 5.13 Å². The quantitative estimate of drug-likeness (QED) is 0.418. The van der Waals surface area contributed by atoms with Crippen LogP contribution in [0.3, 0.4) is 0 Å². The van der Waals surface area contributed by atoms with Gasteiger partial charge in [-0.1, -0.05) is 35.2 Å². The van der Waals surface area contributed by atoms with Gasteiger partial charge in [0.05, 0.1) is 10.6 Å². The SMILES string of the molecule is Cc1csc(SCc2ccc(C(=O)Nc3nc(C)c(-c4nccn4C)s3)cc2)n1. The molecule has 0 aliphatic carbocycles. The molecule has 148 valence electrons. The predicted molar refractivity (Wildman–Crippen MR) is 120 cm³/mol. The number of thiazole rings is 2. The molecule has 0 spiro atoms. The van der Waals surface area contributed by atoms with Gasteiger partial charge in [0, 0.05) is 41.8 Å². The first kappa shape index (κ1) is 19.8. The van der Waals surface area contributed by atoms with Crippen molar-refractivity contribution in [2.24, 2.45) is 7.05 Å². The summed E-state index contributed by atoms with van der Waals surface area (Å²) >= 11 is 4.79. The largest absolute Gasteiger partial charge is 0.333 e. The molecular weight excluding hydrogens is 422 g/mol. The molecule has 0 aliphatic heterocycles. The van der Waals surface area contributed by atoms with Crippen molar-refractivity contribution in [2.45, 2.75) is 23.9 Å². The summed E-state index contributed by atoms with van der Waals surface area (Å²) in [5, 5.41) is 5.52. The minimum Gasteiger partial charge on any atom is -0.333 e. The Kier molecular flexibility index (Phi) is 5.79. The van der Waals surface area contributed by atoms with E-state index in [1.54, 1.807) is 29.3 Å². The number of imidazole rings is 1. The number of aryl methyl sites for hydroxylation is 3. The predicted octanol–water partition coefficient (Wildman–Crippen LogP) is 5.16. The van der Waals surface area contributed by atoms with E-state index in [0.29, 0.717) is 10.7 Å². The van der Waals surface area contributed by atoms with Gasteiger partial charge in [-0.3, -0.25) is 10.1 Å². The lowest BCUT2D eigenvalue weighted by molar-refractivity contribution is 0.102. The lowest BCUT2D eigenvalue weighted by Crippen LogP contribution is -2.11. The molecule has 3 heterocycles. The van der Waals surface area contributed by atoms with Crippen LogP contribution in [0.2, 0.25) is 0 Å². The summed E-state index contributed by atoms with van der Waals surface area (Å²) in [6, 6.07) is 7.65. The summed E-state index contributed by atoms with van der Waals surface area (Å²) in [4.78, 5) is 26.9. The molecule has 29 heavy (non-hydrogen) atoms. The van der Waals surface area contributed by atoms with Crippen LogP contribution < -0.4 is 5.32 Å². The number of rotatable bonds is 6. The first-order valence-electron chi connectivity index (χ1n) is 8.90. The van der Waals surface area contributed by atoms with Crippen molar-refractivity contribution in [3.63, 3.8) is 0 Å². The molecule has 0 fully saturated rings. The van der Waals surface area contributed by atoms with Gasteiger partial charge < -0.3 is 4.57 Å². The minimum absolute atomic E-state index is 0.167. The summed E-state index contributed by atoms with van der Waals surface area (Å²) in [7, 11) is 1.94. The van der Waals surface area contributed by atoms with Crippen LogP contribution in [0.25, 0.3) is 10.7 Å². The van der Waals surface area contributed by atoms with Crippen molar-refractivity contribution in [3.8, 4) is 10.7 Å². The average Bonchev–Trinajstić information content (AvgIpc) is 3.41.